The number of ether oxygens (including phenoxy) is 6. The van der Waals surface area contributed by atoms with Crippen LogP contribution in [-0.4, -0.2) is 128 Å². The Morgan fingerprint density at radius 2 is 1.44 bits per heavy atom. The summed E-state index contributed by atoms with van der Waals surface area (Å²) in [6.07, 6.45) is 6.67. The van der Waals surface area contributed by atoms with Gasteiger partial charge in [0, 0.05) is 31.3 Å². The molecule has 5 amide bonds. The predicted molar refractivity (Wildman–Crippen MR) is 318 cm³/mol. The van der Waals surface area contributed by atoms with Crippen LogP contribution in [-0.2, 0) is 41.6 Å². The van der Waals surface area contributed by atoms with Crippen LogP contribution in [0.5, 0.6) is 17.2 Å². The Kier molecular flexibility index (Phi) is 19.2. The van der Waals surface area contributed by atoms with E-state index in [1.165, 1.54) is 29.1 Å². The molecule has 0 radical (unpaired) electrons. The van der Waals surface area contributed by atoms with Crippen LogP contribution in [0, 0.1) is 31.1 Å². The van der Waals surface area contributed by atoms with E-state index in [-0.39, 0.29) is 104 Å². The van der Waals surface area contributed by atoms with Gasteiger partial charge in [0.2, 0.25) is 5.91 Å². The number of hydrogen-bond acceptors (Lipinski definition) is 14. The first kappa shape index (κ1) is 61.1. The maximum Gasteiger partial charge on any atom is 0.416 e. The number of Topliss-reactive ketones (excluding diaryl/α,β-unsaturated/α-hetero) is 1. The number of nitrogens with one attached hydrogen (secondary N) is 1. The Balaban J connectivity index is 0.819. The van der Waals surface area contributed by atoms with Crippen molar-refractivity contribution in [2.45, 2.75) is 123 Å². The van der Waals surface area contributed by atoms with Crippen molar-refractivity contribution < 1.29 is 67.1 Å². The number of anilines is 2. The van der Waals surface area contributed by atoms with Gasteiger partial charge >= 0.3 is 18.2 Å². The fraction of sp³-hybridized carbons (Fsp3) is 0.439. The second-order valence-electron chi connectivity index (χ2n) is 23.2. The number of fused-ring (bicyclic) bond motifs is 4. The fourth-order valence-corrected chi connectivity index (χ4v) is 11.6. The summed E-state index contributed by atoms with van der Waals surface area (Å²) in [6.45, 7) is 17.4. The highest BCUT2D eigenvalue weighted by atomic mass is 16.6. The Bertz CT molecular complexity index is 3240. The molecule has 2 fully saturated rings. The number of ketones is 1. The van der Waals surface area contributed by atoms with Gasteiger partial charge in [0.1, 0.15) is 25.6 Å². The lowest BCUT2D eigenvalue weighted by Gasteiger charge is -2.31. The van der Waals surface area contributed by atoms with Crippen LogP contribution in [0.15, 0.2) is 104 Å². The van der Waals surface area contributed by atoms with E-state index >= 15 is 0 Å². The lowest BCUT2D eigenvalue weighted by molar-refractivity contribution is -0.146. The number of methoxy groups -OCH3 is 1. The zero-order valence-electron chi connectivity index (χ0n) is 49.4. The second-order valence-corrected chi connectivity index (χ2v) is 23.2. The maximum absolute atomic E-state index is 14.4. The summed E-state index contributed by atoms with van der Waals surface area (Å²) in [5.74, 6) is -1.48. The zero-order chi connectivity index (χ0) is 60.7. The number of esters is 1. The van der Waals surface area contributed by atoms with Crippen molar-refractivity contribution in [2.75, 3.05) is 56.4 Å². The van der Waals surface area contributed by atoms with Crippen LogP contribution in [0.25, 0.3) is 5.57 Å². The van der Waals surface area contributed by atoms with Gasteiger partial charge in [-0.15, -0.1) is 0 Å². The fourth-order valence-electron chi connectivity index (χ4n) is 11.6. The number of amides is 5. The van der Waals surface area contributed by atoms with Crippen LogP contribution in [0.3, 0.4) is 0 Å². The molecule has 19 nitrogen and oxygen atoms in total. The van der Waals surface area contributed by atoms with Crippen molar-refractivity contribution in [3.05, 3.63) is 143 Å². The van der Waals surface area contributed by atoms with Gasteiger partial charge in [-0.1, -0.05) is 93.3 Å². The molecule has 9 rings (SSSR count). The Labute approximate surface area is 496 Å². The van der Waals surface area contributed by atoms with Crippen molar-refractivity contribution in [1.82, 2.24) is 15.1 Å². The van der Waals surface area contributed by atoms with Crippen molar-refractivity contribution in [2.24, 2.45) is 17.3 Å². The molecule has 85 heavy (non-hydrogen) atoms. The number of rotatable bonds is 24. The number of carbonyl (C=O) groups excluding carboxylic acids is 7. The SMILES string of the molecule is C=CCOC(=O)C[C@H](C(=O)N[C@@H](C)C(=O)Cc1ccc(COC(=O)N2c3cc(OCCCCCOc4cc5c(cc4OC)C(=O)N4C=C(c6ccc(C)cc6)C[C@H]4CN5C(=O)OCC=C)c(C)cc3C(=O)N3CC4(CC4)C[C@H]3[C@@H]2O)cc1)C(C)C. The number of aliphatic hydroxyl groups excluding tert-OH is 1. The van der Waals surface area contributed by atoms with Crippen molar-refractivity contribution >= 4 is 58.6 Å². The summed E-state index contributed by atoms with van der Waals surface area (Å²) in [7, 11) is 1.50. The molecule has 19 heteroatoms. The third kappa shape index (κ3) is 13.9. The number of unbranched alkanes of at least 4 members (excludes halogenated alkanes) is 2. The molecule has 4 aromatic carbocycles. The molecule has 1 saturated heterocycles. The lowest BCUT2D eigenvalue weighted by atomic mass is 9.91. The monoisotopic (exact) mass is 1160 g/mol. The van der Waals surface area contributed by atoms with Gasteiger partial charge in [0.25, 0.3) is 11.8 Å². The van der Waals surface area contributed by atoms with Gasteiger partial charge in [-0.2, -0.15) is 0 Å². The standard InChI is InChI=1S/C66H77N5O14/c1-9-24-83-59(73)32-49(40(3)4)60(74)67-43(7)55(72)29-44-16-18-45(19-17-44)38-85-65(79)71-53-34-56(42(6)28-50(53)62(76)70-39-66(22-23-66)35-54(70)63(71)77)81-26-12-11-13-27-82-58-33-52-51(31-57(58)80-8)61(75)68-36-47(46-20-14-41(5)15-21-46)30-48(68)37-69(52)64(78)84-25-10-2/h9-10,14-21,28,31,33-34,36,40,43,48-49,54,63,77H,1-2,11-13,22-27,29-30,32,35,37-39H2,3-8H3,(H,67,74)/t43-,48-,49-,54-,63-/m0/s1. The normalized spacial score (nSPS) is 18.8. The first-order valence-corrected chi connectivity index (χ1v) is 29.2. The number of hydrogen-bond donors (Lipinski definition) is 2. The number of carbonyl (C=O) groups is 7. The molecule has 1 saturated carbocycles. The number of nitrogens with zero attached hydrogens (tertiary/aromatic N) is 4. The van der Waals surface area contributed by atoms with Gasteiger partial charge in [0.05, 0.1) is 79.8 Å². The van der Waals surface area contributed by atoms with Crippen LogP contribution >= 0.6 is 0 Å². The number of benzene rings is 4. The van der Waals surface area contributed by atoms with Crippen LogP contribution in [0.1, 0.15) is 121 Å². The molecule has 5 atom stereocenters. The lowest BCUT2D eigenvalue weighted by Crippen LogP contribution is -2.50. The van der Waals surface area contributed by atoms with E-state index in [2.05, 4.69) is 18.5 Å². The quantitative estimate of drug-likeness (QED) is 0.0289. The third-order valence-corrected chi connectivity index (χ3v) is 16.7. The van der Waals surface area contributed by atoms with Crippen molar-refractivity contribution in [3.63, 3.8) is 0 Å². The van der Waals surface area contributed by atoms with Gasteiger partial charge in [0.15, 0.2) is 23.5 Å². The predicted octanol–water partition coefficient (Wildman–Crippen LogP) is 9.82. The average molecular weight is 1160 g/mol. The molecular formula is C66H77N5O14. The van der Waals surface area contributed by atoms with Crippen molar-refractivity contribution in [3.8, 4) is 17.2 Å². The van der Waals surface area contributed by atoms with E-state index < -0.39 is 48.3 Å². The molecule has 4 aromatic rings. The van der Waals surface area contributed by atoms with Crippen LogP contribution < -0.4 is 29.3 Å². The Hall–Kier alpha value is -8.45. The molecule has 1 spiro atoms. The van der Waals surface area contributed by atoms with Gasteiger partial charge in [-0.05, 0) is 117 Å². The minimum Gasteiger partial charge on any atom is -0.493 e. The minimum atomic E-state index is -1.41. The average Bonchev–Trinajstić information content (AvgIpc) is 1.71. The molecule has 2 N–H and O–H groups in total. The number of aryl methyl sites for hydroxylation is 2. The second kappa shape index (κ2) is 26.6. The summed E-state index contributed by atoms with van der Waals surface area (Å²) in [4.78, 5) is 101. The largest absolute Gasteiger partial charge is 0.493 e. The molecule has 0 unspecified atom stereocenters. The van der Waals surface area contributed by atoms with Crippen LogP contribution in [0.2, 0.25) is 0 Å². The molecule has 0 aromatic heterocycles. The first-order chi connectivity index (χ1) is 40.8. The topological polar surface area (TPSA) is 220 Å². The highest BCUT2D eigenvalue weighted by Gasteiger charge is 2.58. The highest BCUT2D eigenvalue weighted by Crippen LogP contribution is 2.57. The summed E-state index contributed by atoms with van der Waals surface area (Å²) < 4.78 is 34.9. The minimum absolute atomic E-state index is 0.00913. The molecule has 4 aliphatic heterocycles. The van der Waals surface area contributed by atoms with E-state index in [1.807, 2.05) is 58.2 Å². The maximum atomic E-state index is 14.4. The molecule has 5 aliphatic rings. The molecular weight excluding hydrogens is 1090 g/mol. The summed E-state index contributed by atoms with van der Waals surface area (Å²) in [5, 5.41) is 14.9. The van der Waals surface area contributed by atoms with E-state index in [0.717, 1.165) is 29.5 Å². The van der Waals surface area contributed by atoms with Gasteiger partial charge in [-0.25, -0.2) is 14.5 Å². The zero-order valence-corrected chi connectivity index (χ0v) is 49.4. The summed E-state index contributed by atoms with van der Waals surface area (Å²) >= 11 is 0. The Morgan fingerprint density at radius 1 is 0.776 bits per heavy atom. The summed E-state index contributed by atoms with van der Waals surface area (Å²) in [6, 6.07) is 19.8. The highest BCUT2D eigenvalue weighted by molar-refractivity contribution is 6.07. The van der Waals surface area contributed by atoms with E-state index in [0.29, 0.717) is 78.3 Å². The smallest absolute Gasteiger partial charge is 0.416 e. The molecule has 1 aliphatic carbocycles. The Morgan fingerprint density at radius 3 is 2.11 bits per heavy atom. The van der Waals surface area contributed by atoms with Gasteiger partial charge < -0.3 is 48.6 Å². The van der Waals surface area contributed by atoms with Crippen LogP contribution in [0.4, 0.5) is 21.0 Å². The van der Waals surface area contributed by atoms with E-state index in [1.54, 1.807) is 65.3 Å². The molecule has 0 bridgehead atoms. The van der Waals surface area contributed by atoms with E-state index in [4.69, 9.17) is 28.4 Å². The van der Waals surface area contributed by atoms with E-state index in [9.17, 15) is 38.7 Å². The first-order valence-electron chi connectivity index (χ1n) is 29.2. The van der Waals surface area contributed by atoms with Crippen molar-refractivity contribution in [1.29, 1.82) is 0 Å². The third-order valence-electron chi connectivity index (χ3n) is 16.7. The molecule has 450 valence electrons. The van der Waals surface area contributed by atoms with Gasteiger partial charge in [-0.3, -0.25) is 28.9 Å². The summed E-state index contributed by atoms with van der Waals surface area (Å²) in [5.41, 5.74) is 6.03. The number of aliphatic hydroxyl groups is 1. The molecule has 4 heterocycles.